The molecule has 7 aromatic rings. The van der Waals surface area contributed by atoms with Gasteiger partial charge >= 0.3 is 0 Å². The van der Waals surface area contributed by atoms with Crippen LogP contribution in [0.5, 0.6) is 0 Å². The van der Waals surface area contributed by atoms with E-state index in [1.165, 1.54) is 137 Å². The van der Waals surface area contributed by atoms with Gasteiger partial charge in [-0.05, 0) is 241 Å². The van der Waals surface area contributed by atoms with Crippen molar-refractivity contribution in [2.24, 2.45) is 0 Å². The van der Waals surface area contributed by atoms with E-state index in [9.17, 15) is 0 Å². The fraction of sp³-hybridized carbons (Fsp3) is 0.209. The lowest BCUT2D eigenvalue weighted by Gasteiger charge is -2.38. The van der Waals surface area contributed by atoms with Crippen LogP contribution in [0.4, 0.5) is 5.69 Å². The molecule has 9 aliphatic rings. The molecular formula is C86H76N2. The van der Waals surface area contributed by atoms with Crippen LogP contribution in [0, 0.1) is 0 Å². The van der Waals surface area contributed by atoms with Crippen molar-refractivity contribution in [2.75, 3.05) is 4.90 Å². The molecular weight excluding hydrogens is 1060 g/mol. The van der Waals surface area contributed by atoms with Gasteiger partial charge in [-0.2, -0.15) is 0 Å². The van der Waals surface area contributed by atoms with E-state index in [1.807, 2.05) is 0 Å². The monoisotopic (exact) mass is 1140 g/mol. The number of hydrogen-bond acceptors (Lipinski definition) is 2. The topological polar surface area (TPSA) is 6.48 Å². The second kappa shape index (κ2) is 23.8. The predicted molar refractivity (Wildman–Crippen MR) is 376 cm³/mol. The molecule has 2 heteroatoms. The van der Waals surface area contributed by atoms with E-state index in [4.69, 9.17) is 0 Å². The van der Waals surface area contributed by atoms with E-state index < -0.39 is 0 Å². The molecule has 0 heterocycles. The van der Waals surface area contributed by atoms with E-state index in [0.29, 0.717) is 5.92 Å². The van der Waals surface area contributed by atoms with Gasteiger partial charge in [0.1, 0.15) is 0 Å². The van der Waals surface area contributed by atoms with Gasteiger partial charge in [0.15, 0.2) is 0 Å². The van der Waals surface area contributed by atoms with Crippen LogP contribution >= 0.6 is 0 Å². The molecule has 0 amide bonds. The predicted octanol–water partition coefficient (Wildman–Crippen LogP) is 17.2. The summed E-state index contributed by atoms with van der Waals surface area (Å²) < 4.78 is 0. The molecule has 0 fully saturated rings. The van der Waals surface area contributed by atoms with Crippen molar-refractivity contribution >= 4 is 79.9 Å². The van der Waals surface area contributed by atoms with Gasteiger partial charge in [-0.25, -0.2) is 0 Å². The van der Waals surface area contributed by atoms with Gasteiger partial charge in [0.05, 0.1) is 12.1 Å². The molecule has 0 aliphatic heterocycles. The highest BCUT2D eigenvalue weighted by atomic mass is 15.2. The minimum atomic E-state index is 0.188. The number of hydrogen-bond donors (Lipinski definition) is 0. The summed E-state index contributed by atoms with van der Waals surface area (Å²) in [7, 11) is 0. The van der Waals surface area contributed by atoms with Crippen LogP contribution in [0.25, 0.3) is 85.3 Å². The third kappa shape index (κ3) is 9.92. The smallest absolute Gasteiger partial charge is 0.0562 e. The Kier molecular flexibility index (Phi) is 14.6. The first-order chi connectivity index (χ1) is 43.7. The van der Waals surface area contributed by atoms with Crippen molar-refractivity contribution < 1.29 is 0 Å². The average molecular weight is 1140 g/mol. The molecule has 9 aliphatic carbocycles. The summed E-state index contributed by atoms with van der Waals surface area (Å²) in [6.07, 6.45) is 71.0. The average Bonchev–Trinajstić information content (AvgIpc) is 0.837. The third-order valence-electron chi connectivity index (χ3n) is 20.1. The van der Waals surface area contributed by atoms with Gasteiger partial charge in [-0.3, -0.25) is 0 Å². The first-order valence-corrected chi connectivity index (χ1v) is 33.0. The molecule has 7 aromatic carbocycles. The quantitative estimate of drug-likeness (QED) is 0.120. The molecule has 3 unspecified atom stereocenters. The molecule has 0 spiro atoms. The van der Waals surface area contributed by atoms with Gasteiger partial charge in [0.2, 0.25) is 0 Å². The number of anilines is 1. The maximum atomic E-state index is 2.69. The zero-order valence-corrected chi connectivity index (χ0v) is 50.6. The second-order valence-corrected chi connectivity index (χ2v) is 25.3. The standard InChI is InChI=1S/C86H76N2/c1-5-27-59(28-6-1)61-31-21-39-67(55-61)87(65-35-9-3-10-36-65)69-41-23-33-63(57-69)83-75-43-13-17-47-79(75)85(80-48-18-14-44-76(80)83)73-53-25-52-72-71(73)51-26-54-74(72)86-81-49-19-15-45-77(81)84(78-46-16-20-50-82(78)86)64-34-24-42-70(58-64)88(66-37-11-4-12-38-66)68-40-22-32-62(56-68)60-29-7-2-8-30-60/h1-3,5-11,13,15,17,19,21,24-25,27,29-32,34-35,37-39,41-53,55-57,59,65,70H,4,12,14,16,18,20,22-23,26,28,33,36,40,54,58H2. The molecule has 0 saturated carbocycles. The Morgan fingerprint density at radius 3 is 1.77 bits per heavy atom. The first-order valence-electron chi connectivity index (χ1n) is 33.0. The zero-order chi connectivity index (χ0) is 58.3. The highest BCUT2D eigenvalue weighted by Gasteiger charge is 2.30. The van der Waals surface area contributed by atoms with Crippen LogP contribution in [-0.4, -0.2) is 17.0 Å². The van der Waals surface area contributed by atoms with Crippen LogP contribution in [0.2, 0.25) is 0 Å². The Morgan fingerprint density at radius 2 is 1.03 bits per heavy atom. The Bertz CT molecular complexity index is 4840. The van der Waals surface area contributed by atoms with E-state index >= 15 is 0 Å². The highest BCUT2D eigenvalue weighted by Crippen LogP contribution is 2.41. The van der Waals surface area contributed by atoms with E-state index in [1.54, 1.807) is 0 Å². The second-order valence-electron chi connectivity index (χ2n) is 25.3. The largest absolute Gasteiger partial charge is 0.338 e. The van der Waals surface area contributed by atoms with Gasteiger partial charge in [-0.15, -0.1) is 0 Å². The lowest BCUT2D eigenvalue weighted by Crippen LogP contribution is -2.40. The van der Waals surface area contributed by atoms with Crippen molar-refractivity contribution in [1.82, 2.24) is 4.90 Å². The number of rotatable bonds is 12. The third-order valence-corrected chi connectivity index (χ3v) is 20.1. The summed E-state index contributed by atoms with van der Waals surface area (Å²) in [5.41, 5.74) is 20.7. The minimum Gasteiger partial charge on any atom is -0.338 e. The molecule has 0 radical (unpaired) electrons. The van der Waals surface area contributed by atoms with E-state index in [2.05, 4.69) is 271 Å². The minimum absolute atomic E-state index is 0.188. The summed E-state index contributed by atoms with van der Waals surface area (Å²) in [6.45, 7) is 0. The Balaban J connectivity index is 0.813. The van der Waals surface area contributed by atoms with Crippen molar-refractivity contribution in [2.45, 2.75) is 114 Å². The zero-order valence-electron chi connectivity index (χ0n) is 50.6. The fourth-order valence-electron chi connectivity index (χ4n) is 16.2. The van der Waals surface area contributed by atoms with Crippen LogP contribution in [-0.2, 0) is 0 Å². The normalized spacial score (nSPS) is 20.7. The van der Waals surface area contributed by atoms with Crippen LogP contribution in [0.3, 0.4) is 0 Å². The SMILES string of the molecule is C1=CCC(c2cccc(N(C3=CCCC(c4c5c(c(-c6cccc7c6=CCCC=7c6c7c(c(C8=CC=CC(N(C9=CCCC=C9)C9=CC(c%10ccccc%10)=CCC9)C8)c8ccccc68)=CCCC=7)c6ccccc46)=CCCC=5)=C3)C3C=CC=CC3)c2)C=C1. The van der Waals surface area contributed by atoms with Gasteiger partial charge in [0.25, 0.3) is 0 Å². The molecule has 0 saturated heterocycles. The van der Waals surface area contributed by atoms with Crippen molar-refractivity contribution in [3.05, 3.63) is 307 Å². The van der Waals surface area contributed by atoms with Gasteiger partial charge < -0.3 is 9.80 Å². The molecule has 2 nitrogen and oxygen atoms in total. The fourth-order valence-corrected chi connectivity index (χ4v) is 16.2. The molecule has 0 bridgehead atoms. The summed E-state index contributed by atoms with van der Waals surface area (Å²) in [5.74, 6) is 0.392. The van der Waals surface area contributed by atoms with Crippen molar-refractivity contribution in [3.63, 3.8) is 0 Å². The molecule has 430 valence electrons. The maximum Gasteiger partial charge on any atom is 0.0562 e. The van der Waals surface area contributed by atoms with Crippen molar-refractivity contribution in [1.29, 1.82) is 0 Å². The molecule has 0 aromatic heterocycles. The summed E-state index contributed by atoms with van der Waals surface area (Å²) in [6, 6.07) is 46.9. The molecule has 0 N–H and O–H groups in total. The van der Waals surface area contributed by atoms with E-state index in [0.717, 1.165) is 96.3 Å². The Hall–Kier alpha value is -9.24. The summed E-state index contributed by atoms with van der Waals surface area (Å²) >= 11 is 0. The Morgan fingerprint density at radius 1 is 0.398 bits per heavy atom. The lowest BCUT2D eigenvalue weighted by atomic mass is 9.80. The maximum absolute atomic E-state index is 2.69. The number of nitrogens with zero attached hydrogens (tertiary/aromatic N) is 2. The first kappa shape index (κ1) is 54.2. The van der Waals surface area contributed by atoms with Gasteiger partial charge in [-0.1, -0.05) is 231 Å². The van der Waals surface area contributed by atoms with Crippen LogP contribution in [0.15, 0.2) is 248 Å². The van der Waals surface area contributed by atoms with Gasteiger partial charge in [0, 0.05) is 28.7 Å². The Labute approximate surface area is 519 Å². The molecule has 3 atom stereocenters. The van der Waals surface area contributed by atoms with Crippen LogP contribution < -0.4 is 36.2 Å². The van der Waals surface area contributed by atoms with Crippen LogP contribution in [0.1, 0.15) is 130 Å². The lowest BCUT2D eigenvalue weighted by molar-refractivity contribution is 0.359. The summed E-state index contributed by atoms with van der Waals surface area (Å²) in [5, 5.41) is 13.9. The number of fused-ring (bicyclic) bond motifs is 5. The summed E-state index contributed by atoms with van der Waals surface area (Å²) in [4.78, 5) is 5.32. The molecule has 16 rings (SSSR count). The van der Waals surface area contributed by atoms with Crippen molar-refractivity contribution in [3.8, 4) is 11.1 Å². The molecule has 88 heavy (non-hydrogen) atoms. The van der Waals surface area contributed by atoms with E-state index in [-0.39, 0.29) is 12.1 Å². The number of benzene rings is 7. The number of allylic oxidation sites excluding steroid dienone is 18. The highest BCUT2D eigenvalue weighted by molar-refractivity contribution is 6.05.